The zero-order valence-corrected chi connectivity index (χ0v) is 10.6. The Labute approximate surface area is 90.1 Å². The Hall–Kier alpha value is 0.250. The smallest absolute Gasteiger partial charge is 0.00439 e. The lowest BCUT2D eigenvalue weighted by Gasteiger charge is -2.18. The van der Waals surface area contributed by atoms with Gasteiger partial charge in [-0.05, 0) is 37.3 Å². The average molecular weight is 208 g/mol. The molecule has 0 amide bonds. The SMILES string of the molecule is CC(C)CCNCCC(C)(C)C.Cl. The summed E-state index contributed by atoms with van der Waals surface area (Å²) in [4.78, 5) is 0. The Morgan fingerprint density at radius 1 is 1.08 bits per heavy atom. The van der Waals surface area contributed by atoms with Gasteiger partial charge in [-0.3, -0.25) is 0 Å². The Morgan fingerprint density at radius 2 is 1.62 bits per heavy atom. The molecule has 0 saturated heterocycles. The van der Waals surface area contributed by atoms with Crippen molar-refractivity contribution in [2.75, 3.05) is 13.1 Å². The van der Waals surface area contributed by atoms with Gasteiger partial charge in [0.15, 0.2) is 0 Å². The van der Waals surface area contributed by atoms with Gasteiger partial charge in [0, 0.05) is 0 Å². The van der Waals surface area contributed by atoms with Crippen molar-refractivity contribution in [1.82, 2.24) is 5.32 Å². The molecular weight excluding hydrogens is 182 g/mol. The van der Waals surface area contributed by atoms with Crippen LogP contribution in [0.3, 0.4) is 0 Å². The molecule has 0 fully saturated rings. The van der Waals surface area contributed by atoms with Crippen molar-refractivity contribution in [3.05, 3.63) is 0 Å². The predicted octanol–water partition coefficient (Wildman–Crippen LogP) is 3.48. The van der Waals surface area contributed by atoms with E-state index in [0.29, 0.717) is 5.41 Å². The minimum absolute atomic E-state index is 0. The number of nitrogens with one attached hydrogen (secondary N) is 1. The highest BCUT2D eigenvalue weighted by molar-refractivity contribution is 5.85. The summed E-state index contributed by atoms with van der Waals surface area (Å²) in [7, 11) is 0. The molecule has 0 aliphatic carbocycles. The van der Waals surface area contributed by atoms with Crippen molar-refractivity contribution in [2.24, 2.45) is 11.3 Å². The largest absolute Gasteiger partial charge is 0.317 e. The molecule has 1 N–H and O–H groups in total. The average Bonchev–Trinajstić information content (AvgIpc) is 1.83. The quantitative estimate of drug-likeness (QED) is 0.681. The Bertz CT molecular complexity index is 105. The van der Waals surface area contributed by atoms with Crippen molar-refractivity contribution in [2.45, 2.75) is 47.5 Å². The minimum atomic E-state index is 0. The summed E-state index contributed by atoms with van der Waals surface area (Å²) in [6.07, 6.45) is 2.56. The van der Waals surface area contributed by atoms with Crippen molar-refractivity contribution < 1.29 is 0 Å². The molecule has 0 bridgehead atoms. The van der Waals surface area contributed by atoms with Crippen molar-refractivity contribution in [3.63, 3.8) is 0 Å². The highest BCUT2D eigenvalue weighted by Gasteiger charge is 2.08. The molecule has 1 nitrogen and oxygen atoms in total. The molecule has 0 aromatic carbocycles. The van der Waals surface area contributed by atoms with Crippen LogP contribution in [0, 0.1) is 11.3 Å². The van der Waals surface area contributed by atoms with Crippen LogP contribution in [0.15, 0.2) is 0 Å². The fourth-order valence-corrected chi connectivity index (χ4v) is 0.979. The molecular formula is C11H26ClN. The zero-order chi connectivity index (χ0) is 9.61. The molecule has 0 saturated carbocycles. The van der Waals surface area contributed by atoms with E-state index in [1.165, 1.54) is 19.4 Å². The second-order valence-corrected chi connectivity index (χ2v) is 5.24. The van der Waals surface area contributed by atoms with E-state index in [-0.39, 0.29) is 12.4 Å². The predicted molar refractivity (Wildman–Crippen MR) is 63.6 cm³/mol. The van der Waals surface area contributed by atoms with E-state index < -0.39 is 0 Å². The first-order valence-electron chi connectivity index (χ1n) is 5.12. The summed E-state index contributed by atoms with van der Waals surface area (Å²) in [6.45, 7) is 13.7. The van der Waals surface area contributed by atoms with Gasteiger partial charge in [-0.15, -0.1) is 12.4 Å². The topological polar surface area (TPSA) is 12.0 Å². The first-order valence-corrected chi connectivity index (χ1v) is 5.12. The van der Waals surface area contributed by atoms with Crippen LogP contribution in [-0.4, -0.2) is 13.1 Å². The van der Waals surface area contributed by atoms with Gasteiger partial charge in [-0.2, -0.15) is 0 Å². The van der Waals surface area contributed by atoms with Crippen LogP contribution < -0.4 is 5.32 Å². The Morgan fingerprint density at radius 3 is 2.00 bits per heavy atom. The molecule has 82 valence electrons. The Balaban J connectivity index is 0. The van der Waals surface area contributed by atoms with Gasteiger partial charge in [-0.25, -0.2) is 0 Å². The summed E-state index contributed by atoms with van der Waals surface area (Å²) in [6, 6.07) is 0. The maximum absolute atomic E-state index is 3.47. The molecule has 2 heteroatoms. The summed E-state index contributed by atoms with van der Waals surface area (Å²) in [5.41, 5.74) is 0.477. The normalized spacial score (nSPS) is 11.5. The molecule has 0 spiro atoms. The third-order valence-electron chi connectivity index (χ3n) is 1.95. The number of hydrogen-bond acceptors (Lipinski definition) is 1. The highest BCUT2D eigenvalue weighted by Crippen LogP contribution is 2.16. The van der Waals surface area contributed by atoms with E-state index in [9.17, 15) is 0 Å². The van der Waals surface area contributed by atoms with E-state index in [4.69, 9.17) is 0 Å². The first kappa shape index (κ1) is 15.7. The molecule has 0 aliphatic rings. The summed E-state index contributed by atoms with van der Waals surface area (Å²) < 4.78 is 0. The number of rotatable bonds is 5. The molecule has 0 radical (unpaired) electrons. The molecule has 0 heterocycles. The van der Waals surface area contributed by atoms with Crippen molar-refractivity contribution in [3.8, 4) is 0 Å². The number of hydrogen-bond donors (Lipinski definition) is 1. The lowest BCUT2D eigenvalue weighted by Crippen LogP contribution is -2.22. The zero-order valence-electron chi connectivity index (χ0n) is 9.81. The van der Waals surface area contributed by atoms with Crippen LogP contribution in [0.4, 0.5) is 0 Å². The standard InChI is InChI=1S/C11H25N.ClH/c1-10(2)6-8-12-9-7-11(3,4)5;/h10,12H,6-9H2,1-5H3;1H. The van der Waals surface area contributed by atoms with Gasteiger partial charge in [0.2, 0.25) is 0 Å². The van der Waals surface area contributed by atoms with Crippen LogP contribution in [0.1, 0.15) is 47.5 Å². The van der Waals surface area contributed by atoms with Crippen LogP contribution in [0.2, 0.25) is 0 Å². The highest BCUT2D eigenvalue weighted by atomic mass is 35.5. The molecule has 0 atom stereocenters. The molecule has 0 unspecified atom stereocenters. The van der Waals surface area contributed by atoms with Crippen LogP contribution >= 0.6 is 12.4 Å². The van der Waals surface area contributed by atoms with Gasteiger partial charge in [0.1, 0.15) is 0 Å². The minimum Gasteiger partial charge on any atom is -0.317 e. The van der Waals surface area contributed by atoms with E-state index in [0.717, 1.165) is 12.5 Å². The fourth-order valence-electron chi connectivity index (χ4n) is 0.979. The third kappa shape index (κ3) is 15.0. The van der Waals surface area contributed by atoms with Gasteiger partial charge >= 0.3 is 0 Å². The maximum atomic E-state index is 3.47. The molecule has 0 aliphatic heterocycles. The van der Waals surface area contributed by atoms with Gasteiger partial charge < -0.3 is 5.32 Å². The Kier molecular flexibility index (Phi) is 9.23. The van der Waals surface area contributed by atoms with Gasteiger partial charge in [0.25, 0.3) is 0 Å². The van der Waals surface area contributed by atoms with E-state index in [1.54, 1.807) is 0 Å². The van der Waals surface area contributed by atoms with Crippen LogP contribution in [-0.2, 0) is 0 Å². The molecule has 0 rings (SSSR count). The molecule has 13 heavy (non-hydrogen) atoms. The second kappa shape index (κ2) is 7.64. The monoisotopic (exact) mass is 207 g/mol. The van der Waals surface area contributed by atoms with Crippen LogP contribution in [0.25, 0.3) is 0 Å². The fraction of sp³-hybridized carbons (Fsp3) is 1.00. The van der Waals surface area contributed by atoms with Crippen molar-refractivity contribution >= 4 is 12.4 Å². The summed E-state index contributed by atoms with van der Waals surface area (Å²) in [5.74, 6) is 0.826. The van der Waals surface area contributed by atoms with E-state index in [1.807, 2.05) is 0 Å². The van der Waals surface area contributed by atoms with Gasteiger partial charge in [-0.1, -0.05) is 34.6 Å². The van der Waals surface area contributed by atoms with E-state index >= 15 is 0 Å². The third-order valence-corrected chi connectivity index (χ3v) is 1.95. The van der Waals surface area contributed by atoms with E-state index in [2.05, 4.69) is 39.9 Å². The maximum Gasteiger partial charge on any atom is -0.00439 e. The second-order valence-electron chi connectivity index (χ2n) is 5.24. The molecule has 0 aromatic heterocycles. The molecule has 0 aromatic rings. The van der Waals surface area contributed by atoms with Gasteiger partial charge in [0.05, 0.1) is 0 Å². The summed E-state index contributed by atoms with van der Waals surface area (Å²) in [5, 5.41) is 3.47. The summed E-state index contributed by atoms with van der Waals surface area (Å²) >= 11 is 0. The number of halogens is 1. The first-order chi connectivity index (χ1) is 5.42. The van der Waals surface area contributed by atoms with Crippen molar-refractivity contribution in [1.29, 1.82) is 0 Å². The lowest BCUT2D eigenvalue weighted by molar-refractivity contribution is 0.364. The van der Waals surface area contributed by atoms with Crippen LogP contribution in [0.5, 0.6) is 0 Å². The lowest BCUT2D eigenvalue weighted by atomic mass is 9.92.